The molecule has 2 aromatic rings. The summed E-state index contributed by atoms with van der Waals surface area (Å²) in [4.78, 5) is 24.1. The van der Waals surface area contributed by atoms with E-state index < -0.39 is 35.4 Å². The molecule has 0 fully saturated rings. The summed E-state index contributed by atoms with van der Waals surface area (Å²) >= 11 is 0. The SMILES string of the molecule is C[C@@H](OC(C)(C)C)[C@H](NC(=O)OC(C)(C)c1ccc(-c2ccccc2)cc1)C(=O)O. The zero-order valence-electron chi connectivity index (χ0n) is 18.4. The Morgan fingerprint density at radius 2 is 1.43 bits per heavy atom. The minimum Gasteiger partial charge on any atom is -0.480 e. The zero-order chi connectivity index (χ0) is 22.5. The molecule has 0 radical (unpaired) electrons. The van der Waals surface area contributed by atoms with Gasteiger partial charge in [-0.1, -0.05) is 54.6 Å². The number of ether oxygens (including phenoxy) is 2. The Bertz CT molecular complexity index is 853. The van der Waals surface area contributed by atoms with E-state index in [9.17, 15) is 14.7 Å². The lowest BCUT2D eigenvalue weighted by Gasteiger charge is -2.31. The minimum absolute atomic E-state index is 0.543. The van der Waals surface area contributed by atoms with Crippen molar-refractivity contribution in [3.05, 3.63) is 60.2 Å². The summed E-state index contributed by atoms with van der Waals surface area (Å²) in [5.41, 5.74) is 1.45. The lowest BCUT2D eigenvalue weighted by atomic mass is 9.95. The van der Waals surface area contributed by atoms with Gasteiger partial charge >= 0.3 is 12.1 Å². The Balaban J connectivity index is 2.07. The molecule has 0 spiro atoms. The first-order chi connectivity index (χ1) is 13.9. The second-order valence-electron chi connectivity index (χ2n) is 8.74. The fraction of sp³-hybridized carbons (Fsp3) is 0.417. The van der Waals surface area contributed by atoms with E-state index in [4.69, 9.17) is 9.47 Å². The third kappa shape index (κ3) is 6.59. The van der Waals surface area contributed by atoms with Gasteiger partial charge < -0.3 is 19.9 Å². The van der Waals surface area contributed by atoms with Crippen LogP contribution in [0.4, 0.5) is 4.79 Å². The smallest absolute Gasteiger partial charge is 0.408 e. The third-order valence-corrected chi connectivity index (χ3v) is 4.58. The van der Waals surface area contributed by atoms with Gasteiger partial charge in [0.15, 0.2) is 6.04 Å². The van der Waals surface area contributed by atoms with Crippen molar-refractivity contribution in [2.24, 2.45) is 0 Å². The molecule has 2 rings (SSSR count). The van der Waals surface area contributed by atoms with Gasteiger partial charge in [-0.2, -0.15) is 0 Å². The Kier molecular flexibility index (Phi) is 7.26. The summed E-state index contributed by atoms with van der Waals surface area (Å²) in [5.74, 6) is -1.19. The molecule has 0 aliphatic heterocycles. The average molecular weight is 414 g/mol. The van der Waals surface area contributed by atoms with Gasteiger partial charge in [-0.25, -0.2) is 9.59 Å². The quantitative estimate of drug-likeness (QED) is 0.669. The summed E-state index contributed by atoms with van der Waals surface area (Å²) in [6.07, 6.45) is -1.55. The summed E-state index contributed by atoms with van der Waals surface area (Å²) in [6, 6.07) is 16.5. The first kappa shape index (κ1) is 23.4. The van der Waals surface area contributed by atoms with E-state index in [-0.39, 0.29) is 0 Å². The van der Waals surface area contributed by atoms with Crippen molar-refractivity contribution in [1.82, 2.24) is 5.32 Å². The Morgan fingerprint density at radius 3 is 1.93 bits per heavy atom. The van der Waals surface area contributed by atoms with Crippen molar-refractivity contribution in [1.29, 1.82) is 0 Å². The van der Waals surface area contributed by atoms with Crippen LogP contribution in [0.25, 0.3) is 11.1 Å². The van der Waals surface area contributed by atoms with Crippen LogP contribution in [0, 0.1) is 0 Å². The number of carboxylic acid groups (broad SMARTS) is 1. The summed E-state index contributed by atoms with van der Waals surface area (Å²) in [6.45, 7) is 10.6. The second-order valence-corrected chi connectivity index (χ2v) is 8.74. The van der Waals surface area contributed by atoms with Crippen LogP contribution in [-0.2, 0) is 19.9 Å². The Labute approximate surface area is 178 Å². The molecule has 162 valence electrons. The molecule has 6 nitrogen and oxygen atoms in total. The van der Waals surface area contributed by atoms with Crippen molar-refractivity contribution in [3.8, 4) is 11.1 Å². The number of hydrogen-bond donors (Lipinski definition) is 2. The van der Waals surface area contributed by atoms with Gasteiger partial charge in [0.2, 0.25) is 0 Å². The lowest BCUT2D eigenvalue weighted by molar-refractivity contribution is -0.147. The van der Waals surface area contributed by atoms with Crippen molar-refractivity contribution >= 4 is 12.1 Å². The van der Waals surface area contributed by atoms with Crippen molar-refractivity contribution in [2.45, 2.75) is 64.9 Å². The highest BCUT2D eigenvalue weighted by Gasteiger charge is 2.33. The highest BCUT2D eigenvalue weighted by Crippen LogP contribution is 2.28. The molecule has 2 atom stereocenters. The molecule has 0 bridgehead atoms. The summed E-state index contributed by atoms with van der Waals surface area (Å²) in [7, 11) is 0. The molecule has 0 saturated carbocycles. The number of nitrogens with one attached hydrogen (secondary N) is 1. The average Bonchev–Trinajstić information content (AvgIpc) is 2.65. The van der Waals surface area contributed by atoms with Gasteiger partial charge in [-0.3, -0.25) is 0 Å². The maximum Gasteiger partial charge on any atom is 0.408 e. The molecule has 2 aromatic carbocycles. The molecule has 0 aliphatic carbocycles. The molecule has 0 aliphatic rings. The normalized spacial score (nSPS) is 13.9. The van der Waals surface area contributed by atoms with Crippen LogP contribution in [0.5, 0.6) is 0 Å². The van der Waals surface area contributed by atoms with E-state index in [0.717, 1.165) is 16.7 Å². The zero-order valence-corrected chi connectivity index (χ0v) is 18.4. The first-order valence-electron chi connectivity index (χ1n) is 9.95. The highest BCUT2D eigenvalue weighted by atomic mass is 16.6. The van der Waals surface area contributed by atoms with Gasteiger partial charge in [0.05, 0.1) is 11.7 Å². The molecule has 0 saturated heterocycles. The van der Waals surface area contributed by atoms with Crippen LogP contribution in [0.3, 0.4) is 0 Å². The fourth-order valence-corrected chi connectivity index (χ4v) is 3.15. The van der Waals surface area contributed by atoms with Crippen LogP contribution in [0.15, 0.2) is 54.6 Å². The molecule has 2 N–H and O–H groups in total. The number of carboxylic acids is 1. The molecular formula is C24H31NO5. The van der Waals surface area contributed by atoms with Gasteiger partial charge in [0.25, 0.3) is 0 Å². The third-order valence-electron chi connectivity index (χ3n) is 4.58. The minimum atomic E-state index is -1.23. The van der Waals surface area contributed by atoms with Crippen LogP contribution in [-0.4, -0.2) is 34.9 Å². The molecule has 6 heteroatoms. The number of carbonyl (C=O) groups excluding carboxylic acids is 1. The van der Waals surface area contributed by atoms with Crippen molar-refractivity contribution < 1.29 is 24.2 Å². The van der Waals surface area contributed by atoms with Crippen LogP contribution < -0.4 is 5.32 Å². The van der Waals surface area contributed by atoms with E-state index >= 15 is 0 Å². The molecular weight excluding hydrogens is 382 g/mol. The lowest BCUT2D eigenvalue weighted by Crippen LogP contribution is -2.51. The molecule has 30 heavy (non-hydrogen) atoms. The Morgan fingerprint density at radius 1 is 0.900 bits per heavy atom. The van der Waals surface area contributed by atoms with Gasteiger partial charge in [0, 0.05) is 0 Å². The van der Waals surface area contributed by atoms with Gasteiger partial charge in [-0.05, 0) is 58.2 Å². The standard InChI is InChI=1S/C24H31NO5/c1-16(29-23(2,3)4)20(21(26)27)25-22(28)30-24(5,6)19-14-12-18(13-15-19)17-10-8-7-9-11-17/h7-16,20H,1-6H3,(H,25,28)(H,26,27)/t16-,20+/m1/s1. The van der Waals surface area contributed by atoms with E-state index in [1.165, 1.54) is 0 Å². The molecule has 0 aromatic heterocycles. The maximum atomic E-state index is 12.5. The summed E-state index contributed by atoms with van der Waals surface area (Å²) in [5, 5.41) is 11.9. The largest absolute Gasteiger partial charge is 0.480 e. The number of hydrogen-bond acceptors (Lipinski definition) is 4. The highest BCUT2D eigenvalue weighted by molar-refractivity contribution is 5.80. The number of carbonyl (C=O) groups is 2. The molecule has 0 heterocycles. The second kappa shape index (κ2) is 9.30. The van der Waals surface area contributed by atoms with Crippen LogP contribution in [0.2, 0.25) is 0 Å². The van der Waals surface area contributed by atoms with Crippen molar-refractivity contribution in [2.75, 3.05) is 0 Å². The monoisotopic (exact) mass is 413 g/mol. The number of amides is 1. The summed E-state index contributed by atoms with van der Waals surface area (Å²) < 4.78 is 11.2. The van der Waals surface area contributed by atoms with E-state index in [2.05, 4.69) is 5.32 Å². The predicted molar refractivity (Wildman–Crippen MR) is 116 cm³/mol. The molecule has 0 unspecified atom stereocenters. The Hall–Kier alpha value is -2.86. The fourth-order valence-electron chi connectivity index (χ4n) is 3.15. The van der Waals surface area contributed by atoms with Crippen molar-refractivity contribution in [3.63, 3.8) is 0 Å². The van der Waals surface area contributed by atoms with E-state index in [1.54, 1.807) is 20.8 Å². The predicted octanol–water partition coefficient (Wildman–Crippen LogP) is 4.97. The molecule has 1 amide bonds. The number of benzene rings is 2. The van der Waals surface area contributed by atoms with Crippen LogP contribution >= 0.6 is 0 Å². The van der Waals surface area contributed by atoms with E-state index in [1.807, 2.05) is 75.4 Å². The van der Waals surface area contributed by atoms with Gasteiger partial charge in [0.1, 0.15) is 5.60 Å². The number of aliphatic carboxylic acids is 1. The number of rotatable bonds is 7. The number of alkyl carbamates (subject to hydrolysis) is 1. The van der Waals surface area contributed by atoms with E-state index in [0.29, 0.717) is 0 Å². The topological polar surface area (TPSA) is 84.9 Å². The first-order valence-corrected chi connectivity index (χ1v) is 9.95. The van der Waals surface area contributed by atoms with Crippen LogP contribution in [0.1, 0.15) is 47.1 Å². The van der Waals surface area contributed by atoms with Gasteiger partial charge in [-0.15, -0.1) is 0 Å². The maximum absolute atomic E-state index is 12.5.